The lowest BCUT2D eigenvalue weighted by molar-refractivity contribution is 0.360. The molecule has 4 aromatic rings. The van der Waals surface area contributed by atoms with E-state index < -0.39 is 0 Å². The smallest absolute Gasteiger partial charge is 0.0505 e. The number of aryl methyl sites for hydroxylation is 3. The zero-order chi connectivity index (χ0) is 41.9. The van der Waals surface area contributed by atoms with Gasteiger partial charge in [0.25, 0.3) is 0 Å². The lowest BCUT2D eigenvalue weighted by atomic mass is 9.95. The molecule has 302 valence electrons. The lowest BCUT2D eigenvalue weighted by Gasteiger charge is -2.30. The number of allylic oxidation sites excluding steroid dienone is 3. The minimum atomic E-state index is 0.241. The van der Waals surface area contributed by atoms with Crippen molar-refractivity contribution < 1.29 is 0 Å². The topological polar surface area (TPSA) is 24.1 Å². The van der Waals surface area contributed by atoms with Crippen LogP contribution in [0.4, 0.5) is 0 Å². The Hall–Kier alpha value is -4.56. The van der Waals surface area contributed by atoms with Gasteiger partial charge in [-0.1, -0.05) is 206 Å². The summed E-state index contributed by atoms with van der Waals surface area (Å²) in [6.07, 6.45) is 8.46. The van der Waals surface area contributed by atoms with Crippen LogP contribution in [-0.2, 0) is 19.3 Å². The molecule has 0 heterocycles. The van der Waals surface area contributed by atoms with Crippen LogP contribution in [0.25, 0.3) is 0 Å². The molecule has 0 aliphatic rings. The normalized spacial score (nSPS) is 10.2. The Bertz CT molecular complexity index is 1500. The third-order valence-electron chi connectivity index (χ3n) is 8.90. The molecule has 0 fully saturated rings. The van der Waals surface area contributed by atoms with Gasteiger partial charge in [0.05, 0.1) is 6.04 Å². The lowest BCUT2D eigenvalue weighted by Crippen LogP contribution is -2.39. The van der Waals surface area contributed by atoms with E-state index >= 15 is 0 Å². The molecule has 1 atom stereocenters. The van der Waals surface area contributed by atoms with Crippen LogP contribution < -0.4 is 10.6 Å². The van der Waals surface area contributed by atoms with Gasteiger partial charge in [0.1, 0.15) is 0 Å². The second-order valence-electron chi connectivity index (χ2n) is 13.8. The van der Waals surface area contributed by atoms with Crippen LogP contribution in [0.2, 0.25) is 0 Å². The van der Waals surface area contributed by atoms with Gasteiger partial charge in [0.15, 0.2) is 0 Å². The van der Waals surface area contributed by atoms with E-state index in [4.69, 9.17) is 0 Å². The molecule has 0 amide bonds. The highest BCUT2D eigenvalue weighted by Gasteiger charge is 2.18. The van der Waals surface area contributed by atoms with E-state index in [9.17, 15) is 0 Å². The third kappa shape index (κ3) is 28.5. The Labute approximate surface area is 341 Å². The first kappa shape index (κ1) is 52.5. The molecule has 0 aliphatic carbocycles. The molecule has 55 heavy (non-hydrogen) atoms. The fraction of sp³-hybridized carbons (Fsp3) is 0.396. The van der Waals surface area contributed by atoms with Crippen LogP contribution in [0.1, 0.15) is 124 Å². The first-order valence-electron chi connectivity index (χ1n) is 20.7. The Morgan fingerprint density at radius 2 is 0.945 bits per heavy atom. The largest absolute Gasteiger partial charge is 0.384 e. The molecular formula is C53H80N2. The van der Waals surface area contributed by atoms with Gasteiger partial charge < -0.3 is 10.6 Å². The van der Waals surface area contributed by atoms with Gasteiger partial charge in [-0.15, -0.1) is 6.58 Å². The third-order valence-corrected chi connectivity index (χ3v) is 8.90. The van der Waals surface area contributed by atoms with Gasteiger partial charge in [-0.2, -0.15) is 0 Å². The molecule has 1 unspecified atom stereocenters. The monoisotopic (exact) mass is 745 g/mol. The number of hydrogen-bond acceptors (Lipinski definition) is 2. The van der Waals surface area contributed by atoms with Gasteiger partial charge in [-0.25, -0.2) is 0 Å². The Kier molecular flexibility index (Phi) is 32.5. The van der Waals surface area contributed by atoms with Crippen molar-refractivity contribution in [1.82, 2.24) is 10.6 Å². The number of benzene rings is 4. The van der Waals surface area contributed by atoms with Gasteiger partial charge in [0, 0.05) is 16.9 Å². The minimum Gasteiger partial charge on any atom is -0.384 e. The van der Waals surface area contributed by atoms with E-state index in [2.05, 4.69) is 170 Å². The molecule has 4 aromatic carbocycles. The summed E-state index contributed by atoms with van der Waals surface area (Å²) in [4.78, 5) is 0. The Balaban J connectivity index is 0. The second-order valence-corrected chi connectivity index (χ2v) is 13.8. The molecule has 0 saturated carbocycles. The Morgan fingerprint density at radius 1 is 0.564 bits per heavy atom. The van der Waals surface area contributed by atoms with Crippen molar-refractivity contribution in [2.75, 3.05) is 0 Å². The van der Waals surface area contributed by atoms with Crippen LogP contribution in [0.5, 0.6) is 0 Å². The second kappa shape index (κ2) is 34.0. The fourth-order valence-corrected chi connectivity index (χ4v) is 4.94. The minimum absolute atomic E-state index is 0.241. The highest BCUT2D eigenvalue weighted by Crippen LogP contribution is 2.16. The molecular weight excluding hydrogens is 665 g/mol. The summed E-state index contributed by atoms with van der Waals surface area (Å²) in [6.45, 7) is 39.1. The quantitative estimate of drug-likeness (QED) is 0.112. The van der Waals surface area contributed by atoms with Gasteiger partial charge in [0.2, 0.25) is 0 Å². The van der Waals surface area contributed by atoms with Crippen molar-refractivity contribution in [2.24, 2.45) is 0 Å². The predicted molar refractivity (Wildman–Crippen MR) is 251 cm³/mol. The SMILES string of the molecule is C=C(C)CCc1ccccc1.C=C(CC)NC(C)(CC)CC.C=C(CCc1ccccc1)NC(Cc1ccccc1)C(=C)C.CC.CC.Cc1ccccc1. The zero-order valence-corrected chi connectivity index (χ0v) is 37.1. The van der Waals surface area contributed by atoms with E-state index in [1.807, 2.05) is 64.1 Å². The fourth-order valence-electron chi connectivity index (χ4n) is 4.94. The van der Waals surface area contributed by atoms with Gasteiger partial charge >= 0.3 is 0 Å². The molecule has 2 heteroatoms. The highest BCUT2D eigenvalue weighted by atomic mass is 15.0. The molecule has 0 spiro atoms. The van der Waals surface area contributed by atoms with Crippen LogP contribution in [0.3, 0.4) is 0 Å². The van der Waals surface area contributed by atoms with Crippen LogP contribution >= 0.6 is 0 Å². The average Bonchev–Trinajstić information content (AvgIpc) is 3.22. The van der Waals surface area contributed by atoms with Crippen LogP contribution in [0.15, 0.2) is 170 Å². The maximum atomic E-state index is 4.18. The molecule has 4 rings (SSSR count). The standard InChI is InChI=1S/C21H25N.C11H14.C10H21N.C7H8.2C2H6/c1-17(2)21(16-20-12-8-5-9-13-20)22-18(3)14-15-19-10-6-4-7-11-19;1-10(2)8-9-11-6-4-3-5-7-11;1-6-9(4)11-10(5,7-2)8-3;1-7-5-3-2-4-6-7;2*1-2/h4-13,21-22H,1,3,14-16H2,2H3;3-7H,1,8-9H2,2H3;11H,4,6-8H2,1-3,5H3;2-6H,1H3;2*1-2H3. The first-order chi connectivity index (χ1) is 26.4. The van der Waals surface area contributed by atoms with E-state index in [0.29, 0.717) is 0 Å². The number of hydrogen-bond donors (Lipinski definition) is 2. The van der Waals surface area contributed by atoms with Crippen molar-refractivity contribution in [3.8, 4) is 0 Å². The predicted octanol–water partition coefficient (Wildman–Crippen LogP) is 15.2. The summed E-state index contributed by atoms with van der Waals surface area (Å²) in [5.41, 5.74) is 10.3. The van der Waals surface area contributed by atoms with Crippen molar-refractivity contribution in [2.45, 2.75) is 139 Å². The summed E-state index contributed by atoms with van der Waals surface area (Å²) in [5.74, 6) is 0. The van der Waals surface area contributed by atoms with Crippen molar-refractivity contribution in [1.29, 1.82) is 0 Å². The van der Waals surface area contributed by atoms with E-state index in [1.165, 1.54) is 27.8 Å². The molecule has 2 nitrogen and oxygen atoms in total. The molecule has 0 bridgehead atoms. The van der Waals surface area contributed by atoms with E-state index in [0.717, 1.165) is 68.3 Å². The Morgan fingerprint density at radius 3 is 1.27 bits per heavy atom. The highest BCUT2D eigenvalue weighted by molar-refractivity contribution is 5.21. The average molecular weight is 745 g/mol. The summed E-state index contributed by atoms with van der Waals surface area (Å²) in [7, 11) is 0. The molecule has 0 radical (unpaired) electrons. The summed E-state index contributed by atoms with van der Waals surface area (Å²) in [6, 6.07) is 42.1. The van der Waals surface area contributed by atoms with Crippen LogP contribution in [-0.4, -0.2) is 11.6 Å². The molecule has 0 saturated heterocycles. The number of rotatable bonds is 16. The summed E-state index contributed by atoms with van der Waals surface area (Å²) < 4.78 is 0. The van der Waals surface area contributed by atoms with Crippen LogP contribution in [0, 0.1) is 6.92 Å². The summed E-state index contributed by atoms with van der Waals surface area (Å²) in [5, 5.41) is 6.99. The zero-order valence-electron chi connectivity index (χ0n) is 37.1. The molecule has 2 N–H and O–H groups in total. The van der Waals surface area contributed by atoms with E-state index in [1.54, 1.807) is 0 Å². The summed E-state index contributed by atoms with van der Waals surface area (Å²) >= 11 is 0. The van der Waals surface area contributed by atoms with E-state index in [-0.39, 0.29) is 11.6 Å². The van der Waals surface area contributed by atoms with Crippen molar-refractivity contribution >= 4 is 0 Å². The van der Waals surface area contributed by atoms with Gasteiger partial charge in [-0.05, 0) is 95.8 Å². The van der Waals surface area contributed by atoms with Crippen molar-refractivity contribution in [3.05, 3.63) is 192 Å². The number of nitrogens with one attached hydrogen (secondary N) is 2. The van der Waals surface area contributed by atoms with Gasteiger partial charge in [-0.3, -0.25) is 0 Å². The molecule has 0 aromatic heterocycles. The maximum absolute atomic E-state index is 4.18. The van der Waals surface area contributed by atoms with Crippen molar-refractivity contribution in [3.63, 3.8) is 0 Å². The maximum Gasteiger partial charge on any atom is 0.0505 e. The molecule has 0 aliphatic heterocycles. The first-order valence-corrected chi connectivity index (χ1v) is 20.7.